The maximum absolute atomic E-state index is 13.0. The van der Waals surface area contributed by atoms with Crippen molar-refractivity contribution in [2.24, 2.45) is 0 Å². The highest BCUT2D eigenvalue weighted by atomic mass is 19.1. The molecule has 0 unspecified atom stereocenters. The number of amides is 1. The van der Waals surface area contributed by atoms with Gasteiger partial charge in [-0.2, -0.15) is 10.1 Å². The van der Waals surface area contributed by atoms with Crippen molar-refractivity contribution < 1.29 is 13.7 Å². The minimum absolute atomic E-state index is 0.0976. The second-order valence-corrected chi connectivity index (χ2v) is 5.71. The Morgan fingerprint density at radius 3 is 2.67 bits per heavy atom. The largest absolute Gasteiger partial charge is 0.343 e. The fourth-order valence-electron chi connectivity index (χ4n) is 2.46. The van der Waals surface area contributed by atoms with Gasteiger partial charge in [0, 0.05) is 11.8 Å². The van der Waals surface area contributed by atoms with E-state index in [0.29, 0.717) is 23.0 Å². The molecule has 134 valence electrons. The van der Waals surface area contributed by atoms with Gasteiger partial charge < -0.3 is 9.84 Å². The molecule has 0 bridgehead atoms. The first-order valence-corrected chi connectivity index (χ1v) is 8.16. The van der Waals surface area contributed by atoms with Gasteiger partial charge in [-0.05, 0) is 24.3 Å². The molecule has 0 atom stereocenters. The number of hydrogen-bond donors (Lipinski definition) is 1. The smallest absolute Gasteiger partial charge is 0.254 e. The van der Waals surface area contributed by atoms with Crippen molar-refractivity contribution in [1.29, 1.82) is 0 Å². The molecule has 0 saturated heterocycles. The van der Waals surface area contributed by atoms with Gasteiger partial charge in [-0.1, -0.05) is 35.5 Å². The second-order valence-electron chi connectivity index (χ2n) is 5.71. The average molecular weight is 363 g/mol. The molecule has 4 aromatic rings. The molecule has 2 heterocycles. The highest BCUT2D eigenvalue weighted by Gasteiger charge is 2.12. The van der Waals surface area contributed by atoms with Crippen molar-refractivity contribution in [3.05, 3.63) is 84.3 Å². The Balaban J connectivity index is 1.40. The maximum atomic E-state index is 13.0. The molecule has 0 aliphatic heterocycles. The van der Waals surface area contributed by atoms with Gasteiger partial charge in [0.15, 0.2) is 0 Å². The molecular weight excluding hydrogens is 349 g/mol. The number of benzene rings is 2. The molecule has 1 N–H and O–H groups in total. The van der Waals surface area contributed by atoms with Crippen LogP contribution in [0.5, 0.6) is 0 Å². The van der Waals surface area contributed by atoms with E-state index in [-0.39, 0.29) is 18.3 Å². The zero-order chi connectivity index (χ0) is 18.6. The lowest BCUT2D eigenvalue weighted by atomic mass is 10.2. The van der Waals surface area contributed by atoms with Crippen LogP contribution in [0.2, 0.25) is 0 Å². The Morgan fingerprint density at radius 1 is 1.11 bits per heavy atom. The standard InChI is InChI=1S/C19H14FN5O2/c20-15-6-8-16(9-7-15)25-12-14(10-22-25)19(26)21-11-17-23-18(24-27-17)13-4-2-1-3-5-13/h1-10,12H,11H2,(H,21,26). The lowest BCUT2D eigenvalue weighted by molar-refractivity contribution is 0.0946. The number of nitrogens with zero attached hydrogens (tertiary/aromatic N) is 4. The van der Waals surface area contributed by atoms with Crippen LogP contribution in [0.3, 0.4) is 0 Å². The molecule has 0 spiro atoms. The van der Waals surface area contributed by atoms with E-state index in [1.807, 2.05) is 30.3 Å². The minimum atomic E-state index is -0.335. The molecule has 4 rings (SSSR count). The van der Waals surface area contributed by atoms with Gasteiger partial charge in [0.05, 0.1) is 24.0 Å². The third-order valence-corrected chi connectivity index (χ3v) is 3.84. The van der Waals surface area contributed by atoms with E-state index in [2.05, 4.69) is 20.6 Å². The molecular formula is C19H14FN5O2. The van der Waals surface area contributed by atoms with E-state index in [0.717, 1.165) is 5.56 Å². The summed E-state index contributed by atoms with van der Waals surface area (Å²) in [5.74, 6) is 0.0956. The van der Waals surface area contributed by atoms with Crippen molar-refractivity contribution in [2.45, 2.75) is 6.54 Å². The number of carbonyl (C=O) groups excluding carboxylic acids is 1. The second kappa shape index (κ2) is 7.20. The molecule has 7 nitrogen and oxygen atoms in total. The van der Waals surface area contributed by atoms with Gasteiger partial charge >= 0.3 is 0 Å². The van der Waals surface area contributed by atoms with Gasteiger partial charge in [-0.3, -0.25) is 4.79 Å². The molecule has 0 saturated carbocycles. The van der Waals surface area contributed by atoms with E-state index >= 15 is 0 Å². The summed E-state index contributed by atoms with van der Waals surface area (Å²) in [5, 5.41) is 10.7. The minimum Gasteiger partial charge on any atom is -0.343 e. The number of halogens is 1. The monoisotopic (exact) mass is 363 g/mol. The quantitative estimate of drug-likeness (QED) is 0.589. The molecule has 0 aliphatic rings. The molecule has 8 heteroatoms. The molecule has 0 fully saturated rings. The Bertz CT molecular complexity index is 1060. The number of carbonyl (C=O) groups is 1. The Hall–Kier alpha value is -3.81. The lowest BCUT2D eigenvalue weighted by Gasteiger charge is -2.00. The zero-order valence-electron chi connectivity index (χ0n) is 14.0. The summed E-state index contributed by atoms with van der Waals surface area (Å²) in [7, 11) is 0. The van der Waals surface area contributed by atoms with E-state index in [4.69, 9.17) is 4.52 Å². The van der Waals surface area contributed by atoms with E-state index in [1.165, 1.54) is 23.0 Å². The first kappa shape index (κ1) is 16.6. The molecule has 1 amide bonds. The van der Waals surface area contributed by atoms with Gasteiger partial charge in [-0.15, -0.1) is 0 Å². The SMILES string of the molecule is O=C(NCc1nc(-c2ccccc2)no1)c1cnn(-c2ccc(F)cc2)c1. The topological polar surface area (TPSA) is 85.8 Å². The van der Waals surface area contributed by atoms with Gasteiger partial charge in [0.2, 0.25) is 11.7 Å². The summed E-state index contributed by atoms with van der Waals surface area (Å²) in [4.78, 5) is 16.5. The van der Waals surface area contributed by atoms with Crippen LogP contribution in [0.4, 0.5) is 4.39 Å². The normalized spacial score (nSPS) is 10.7. The van der Waals surface area contributed by atoms with Crippen LogP contribution in [0.15, 0.2) is 71.5 Å². The van der Waals surface area contributed by atoms with Crippen LogP contribution in [0.25, 0.3) is 17.1 Å². The average Bonchev–Trinajstić information content (AvgIpc) is 3.37. The lowest BCUT2D eigenvalue weighted by Crippen LogP contribution is -2.22. The first-order chi connectivity index (χ1) is 13.2. The number of aromatic nitrogens is 4. The van der Waals surface area contributed by atoms with E-state index in [1.54, 1.807) is 18.3 Å². The predicted molar refractivity (Wildman–Crippen MR) is 94.4 cm³/mol. The van der Waals surface area contributed by atoms with Crippen LogP contribution < -0.4 is 5.32 Å². The van der Waals surface area contributed by atoms with Crippen molar-refractivity contribution in [3.8, 4) is 17.1 Å². The Kier molecular flexibility index (Phi) is 4.44. The van der Waals surface area contributed by atoms with Crippen molar-refractivity contribution in [1.82, 2.24) is 25.2 Å². The van der Waals surface area contributed by atoms with Crippen LogP contribution in [0, 0.1) is 5.82 Å². The summed E-state index contributed by atoms with van der Waals surface area (Å²) in [6.07, 6.45) is 2.99. The molecule has 0 radical (unpaired) electrons. The van der Waals surface area contributed by atoms with Crippen LogP contribution in [-0.2, 0) is 6.54 Å². The van der Waals surface area contributed by atoms with Crippen molar-refractivity contribution >= 4 is 5.91 Å². The highest BCUT2D eigenvalue weighted by molar-refractivity contribution is 5.93. The third kappa shape index (κ3) is 3.74. The predicted octanol–water partition coefficient (Wildman–Crippen LogP) is 2.99. The highest BCUT2D eigenvalue weighted by Crippen LogP contribution is 2.15. The van der Waals surface area contributed by atoms with Crippen LogP contribution in [-0.4, -0.2) is 25.8 Å². The third-order valence-electron chi connectivity index (χ3n) is 3.84. The van der Waals surface area contributed by atoms with E-state index < -0.39 is 0 Å². The molecule has 0 aliphatic carbocycles. The summed E-state index contributed by atoms with van der Waals surface area (Å²) in [6, 6.07) is 15.2. The first-order valence-electron chi connectivity index (χ1n) is 8.16. The zero-order valence-corrected chi connectivity index (χ0v) is 14.0. The maximum Gasteiger partial charge on any atom is 0.254 e. The van der Waals surface area contributed by atoms with Crippen molar-refractivity contribution in [3.63, 3.8) is 0 Å². The van der Waals surface area contributed by atoms with Crippen molar-refractivity contribution in [2.75, 3.05) is 0 Å². The number of rotatable bonds is 5. The van der Waals surface area contributed by atoms with Crippen LogP contribution >= 0.6 is 0 Å². The molecule has 2 aromatic heterocycles. The summed E-state index contributed by atoms with van der Waals surface area (Å²) in [6.45, 7) is 0.0976. The van der Waals surface area contributed by atoms with E-state index in [9.17, 15) is 9.18 Å². The Morgan fingerprint density at radius 2 is 1.89 bits per heavy atom. The molecule has 27 heavy (non-hydrogen) atoms. The summed E-state index contributed by atoms with van der Waals surface area (Å²) in [5.41, 5.74) is 1.85. The number of hydrogen-bond acceptors (Lipinski definition) is 5. The summed E-state index contributed by atoms with van der Waals surface area (Å²) < 4.78 is 19.6. The van der Waals surface area contributed by atoms with Gasteiger partial charge in [0.1, 0.15) is 5.82 Å². The van der Waals surface area contributed by atoms with Crippen LogP contribution in [0.1, 0.15) is 16.2 Å². The van der Waals surface area contributed by atoms with Gasteiger partial charge in [0.25, 0.3) is 5.91 Å². The molecule has 2 aromatic carbocycles. The summed E-state index contributed by atoms with van der Waals surface area (Å²) >= 11 is 0. The number of nitrogens with one attached hydrogen (secondary N) is 1. The van der Waals surface area contributed by atoms with Gasteiger partial charge in [-0.25, -0.2) is 9.07 Å². The fourth-order valence-corrected chi connectivity index (χ4v) is 2.46. The fraction of sp³-hybridized carbons (Fsp3) is 0.0526. The Labute approximate surface area is 153 Å².